The first-order valence-corrected chi connectivity index (χ1v) is 13.3. The Morgan fingerprint density at radius 1 is 1.03 bits per heavy atom. The molecule has 0 bridgehead atoms. The molecule has 0 aliphatic heterocycles. The first-order valence-electron chi connectivity index (χ1n) is 9.97. The van der Waals surface area contributed by atoms with Crippen LogP contribution in [0.4, 0.5) is 5.69 Å². The van der Waals surface area contributed by atoms with Gasteiger partial charge in [-0.05, 0) is 42.5 Å². The Labute approximate surface area is 197 Å². The molecule has 0 fully saturated rings. The maximum atomic E-state index is 12.0. The molecule has 3 radical (unpaired) electrons. The Hall–Kier alpha value is -1.10. The number of hydrogen-bond donors (Lipinski definition) is 1. The minimum atomic E-state index is -3.49. The number of halogens is 1. The quantitative estimate of drug-likeness (QED) is 0.230. The largest absolute Gasteiger partial charge is 0.487 e. The van der Waals surface area contributed by atoms with Crippen molar-refractivity contribution in [2.24, 2.45) is 0 Å². The number of rotatable bonds is 11. The van der Waals surface area contributed by atoms with Gasteiger partial charge in [0.15, 0.2) is 0 Å². The standard InChI is InChI=1S/C22H29INO4SSi/c1-5-21(23,6-2)22(7-3,28-30)18-13-14-20(19(15-18)24-29(4,25)26)27-16-17-11-9-8-10-12-17/h8-15,24H,5-7,16H2,1-4H3/t22-/m1/s1. The van der Waals surface area contributed by atoms with E-state index in [-0.39, 0.29) is 3.42 Å². The van der Waals surface area contributed by atoms with Crippen molar-refractivity contribution in [2.45, 2.75) is 55.7 Å². The lowest BCUT2D eigenvalue weighted by Crippen LogP contribution is -2.48. The summed E-state index contributed by atoms with van der Waals surface area (Å²) in [5, 5.41) is 0. The van der Waals surface area contributed by atoms with E-state index in [4.69, 9.17) is 9.16 Å². The van der Waals surface area contributed by atoms with Gasteiger partial charge in [0.1, 0.15) is 12.4 Å². The summed E-state index contributed by atoms with van der Waals surface area (Å²) >= 11 is 2.47. The van der Waals surface area contributed by atoms with Crippen molar-refractivity contribution in [1.29, 1.82) is 0 Å². The number of alkyl halides is 1. The van der Waals surface area contributed by atoms with E-state index in [0.717, 1.165) is 30.2 Å². The minimum absolute atomic E-state index is 0.184. The van der Waals surface area contributed by atoms with Crippen LogP contribution in [0.25, 0.3) is 0 Å². The third-order valence-corrected chi connectivity index (χ3v) is 8.83. The molecule has 0 spiro atoms. The lowest BCUT2D eigenvalue weighted by molar-refractivity contribution is 0.0303. The summed E-state index contributed by atoms with van der Waals surface area (Å²) in [6, 6.07) is 15.3. The Morgan fingerprint density at radius 2 is 1.67 bits per heavy atom. The van der Waals surface area contributed by atoms with Crippen LogP contribution in [0, 0.1) is 0 Å². The first-order chi connectivity index (χ1) is 14.1. The topological polar surface area (TPSA) is 64.6 Å². The van der Waals surface area contributed by atoms with Crippen molar-refractivity contribution in [3.05, 3.63) is 59.7 Å². The summed E-state index contributed by atoms with van der Waals surface area (Å²) in [5.74, 6) is 0.471. The molecule has 0 aliphatic rings. The molecule has 0 saturated carbocycles. The highest BCUT2D eigenvalue weighted by Crippen LogP contribution is 2.50. The van der Waals surface area contributed by atoms with Crippen LogP contribution in [0.2, 0.25) is 0 Å². The normalized spacial score (nSPS) is 14.2. The van der Waals surface area contributed by atoms with Crippen LogP contribution in [0.15, 0.2) is 48.5 Å². The van der Waals surface area contributed by atoms with Crippen molar-refractivity contribution in [3.8, 4) is 5.75 Å². The molecular formula is C22H29INO4SSi. The molecule has 1 N–H and O–H groups in total. The van der Waals surface area contributed by atoms with E-state index in [0.29, 0.717) is 24.5 Å². The van der Waals surface area contributed by atoms with Crippen LogP contribution in [0.5, 0.6) is 5.75 Å². The SMILES string of the molecule is CCC(I)(CC)[C@](CC)(O[Si])c1ccc(OCc2ccccc2)c(NS(C)(=O)=O)c1. The van der Waals surface area contributed by atoms with Crippen LogP contribution in [0.1, 0.15) is 51.2 Å². The maximum absolute atomic E-state index is 12.0. The summed E-state index contributed by atoms with van der Waals surface area (Å²) in [4.78, 5) is 0. The molecule has 2 rings (SSSR count). The van der Waals surface area contributed by atoms with Gasteiger partial charge in [0, 0.05) is 0 Å². The Morgan fingerprint density at radius 3 is 2.17 bits per heavy atom. The zero-order valence-electron chi connectivity index (χ0n) is 17.9. The van der Waals surface area contributed by atoms with Crippen molar-refractivity contribution < 1.29 is 17.6 Å². The second kappa shape index (κ2) is 10.5. The average Bonchev–Trinajstić information content (AvgIpc) is 2.73. The van der Waals surface area contributed by atoms with Crippen LogP contribution < -0.4 is 9.46 Å². The molecule has 2 aromatic rings. The number of nitrogens with one attached hydrogen (secondary N) is 1. The summed E-state index contributed by atoms with van der Waals surface area (Å²) < 4.78 is 38.4. The van der Waals surface area contributed by atoms with Crippen molar-refractivity contribution in [3.63, 3.8) is 0 Å². The van der Waals surface area contributed by atoms with Crippen LogP contribution >= 0.6 is 22.6 Å². The molecule has 163 valence electrons. The first kappa shape index (κ1) is 25.2. The molecule has 0 amide bonds. The summed E-state index contributed by atoms with van der Waals surface area (Å²) in [7, 11) is -0.154. The predicted octanol–water partition coefficient (Wildman–Crippen LogP) is 5.34. The van der Waals surface area contributed by atoms with Gasteiger partial charge in [0.25, 0.3) is 0 Å². The van der Waals surface area contributed by atoms with Crippen molar-refractivity contribution >= 4 is 48.8 Å². The summed E-state index contributed by atoms with van der Waals surface area (Å²) in [6.45, 7) is 6.69. The molecule has 2 aromatic carbocycles. The summed E-state index contributed by atoms with van der Waals surface area (Å²) in [6.07, 6.45) is 3.63. The fourth-order valence-electron chi connectivity index (χ4n) is 3.75. The molecule has 0 heterocycles. The van der Waals surface area contributed by atoms with Crippen LogP contribution in [-0.2, 0) is 26.7 Å². The molecule has 0 unspecified atom stereocenters. The highest BCUT2D eigenvalue weighted by molar-refractivity contribution is 14.1. The zero-order valence-corrected chi connectivity index (χ0v) is 21.8. The van der Waals surface area contributed by atoms with Gasteiger partial charge in [-0.15, -0.1) is 0 Å². The zero-order chi connectivity index (χ0) is 22.4. The molecule has 0 aromatic heterocycles. The van der Waals surface area contributed by atoms with Gasteiger partial charge in [-0.1, -0.05) is 79.8 Å². The van der Waals surface area contributed by atoms with E-state index in [2.05, 4.69) is 58.6 Å². The fourth-order valence-corrected chi connectivity index (χ4v) is 5.77. The molecule has 8 heteroatoms. The lowest BCUT2D eigenvalue weighted by Gasteiger charge is -2.46. The van der Waals surface area contributed by atoms with Gasteiger partial charge in [-0.25, -0.2) is 8.42 Å². The third kappa shape index (κ3) is 5.57. The molecule has 30 heavy (non-hydrogen) atoms. The Bertz CT molecular complexity index is 929. The van der Waals surface area contributed by atoms with Crippen molar-refractivity contribution in [2.75, 3.05) is 11.0 Å². The second-order valence-corrected chi connectivity index (χ2v) is 11.3. The van der Waals surface area contributed by atoms with Gasteiger partial charge in [0.2, 0.25) is 20.5 Å². The smallest absolute Gasteiger partial charge is 0.247 e. The number of anilines is 1. The molecular weight excluding hydrogens is 529 g/mol. The monoisotopic (exact) mass is 558 g/mol. The van der Waals surface area contributed by atoms with Gasteiger partial charge in [-0.3, -0.25) is 4.72 Å². The van der Waals surface area contributed by atoms with E-state index >= 15 is 0 Å². The number of ether oxygens (including phenoxy) is 1. The minimum Gasteiger partial charge on any atom is -0.487 e. The van der Waals surface area contributed by atoms with E-state index in [1.54, 1.807) is 0 Å². The highest BCUT2D eigenvalue weighted by atomic mass is 127. The molecule has 0 saturated heterocycles. The van der Waals surface area contributed by atoms with Gasteiger partial charge < -0.3 is 9.16 Å². The lowest BCUT2D eigenvalue weighted by atomic mass is 9.76. The molecule has 1 atom stereocenters. The fraction of sp³-hybridized carbons (Fsp3) is 0.455. The highest BCUT2D eigenvalue weighted by Gasteiger charge is 2.48. The Kier molecular flexibility index (Phi) is 8.78. The van der Waals surface area contributed by atoms with E-state index in [9.17, 15) is 8.42 Å². The maximum Gasteiger partial charge on any atom is 0.247 e. The molecule has 5 nitrogen and oxygen atoms in total. The van der Waals surface area contributed by atoms with Gasteiger partial charge in [-0.2, -0.15) is 0 Å². The van der Waals surface area contributed by atoms with Crippen molar-refractivity contribution in [1.82, 2.24) is 0 Å². The third-order valence-electron chi connectivity index (χ3n) is 5.50. The number of benzene rings is 2. The van der Waals surface area contributed by atoms with Crippen LogP contribution in [0.3, 0.4) is 0 Å². The van der Waals surface area contributed by atoms with Crippen LogP contribution in [-0.4, -0.2) is 28.6 Å². The van der Waals surface area contributed by atoms with E-state index < -0.39 is 15.6 Å². The average molecular weight is 559 g/mol. The Balaban J connectivity index is 2.52. The summed E-state index contributed by atoms with van der Waals surface area (Å²) in [5.41, 5.74) is 1.65. The van der Waals surface area contributed by atoms with E-state index in [1.807, 2.05) is 48.5 Å². The predicted molar refractivity (Wildman–Crippen MR) is 132 cm³/mol. The molecule has 0 aliphatic carbocycles. The second-order valence-electron chi connectivity index (χ2n) is 7.31. The van der Waals surface area contributed by atoms with E-state index in [1.165, 1.54) is 0 Å². The number of sulfonamides is 1. The van der Waals surface area contributed by atoms with Gasteiger partial charge >= 0.3 is 0 Å². The number of hydrogen-bond acceptors (Lipinski definition) is 4. The van der Waals surface area contributed by atoms with Gasteiger partial charge in [0.05, 0.1) is 21.0 Å².